The van der Waals surface area contributed by atoms with Crippen LogP contribution in [0.2, 0.25) is 0 Å². The molecule has 1 aliphatic carbocycles. The van der Waals surface area contributed by atoms with Crippen LogP contribution in [-0.2, 0) is 4.79 Å². The molecule has 0 atom stereocenters. The van der Waals surface area contributed by atoms with Gasteiger partial charge in [-0.25, -0.2) is 14.8 Å². The number of nitrogens with zero attached hydrogens (tertiary/aromatic N) is 2. The summed E-state index contributed by atoms with van der Waals surface area (Å²) >= 11 is 0. The van der Waals surface area contributed by atoms with Crippen molar-refractivity contribution in [3.8, 4) is 5.88 Å². The van der Waals surface area contributed by atoms with E-state index in [4.69, 9.17) is 4.74 Å². The second kappa shape index (κ2) is 6.54. The Hall–Kier alpha value is -1.85. The quantitative estimate of drug-likeness (QED) is 0.832. The Bertz CT molecular complexity index is 459. The zero-order valence-corrected chi connectivity index (χ0v) is 11.8. The highest BCUT2D eigenvalue weighted by Gasteiger charge is 2.39. The Kier molecular flexibility index (Phi) is 4.76. The van der Waals surface area contributed by atoms with Gasteiger partial charge in [-0.15, -0.1) is 0 Å². The second-order valence-corrected chi connectivity index (χ2v) is 5.16. The number of carbonyl (C=O) groups is 1. The first kappa shape index (κ1) is 14.6. The van der Waals surface area contributed by atoms with Gasteiger partial charge < -0.3 is 15.2 Å². The van der Waals surface area contributed by atoms with Gasteiger partial charge in [-0.05, 0) is 19.3 Å². The standard InChI is InChI=1S/C14H21N3O3/c1-2-8-20-12-9-11(15-10-16-12)17-14(13(18)19)6-4-3-5-7-14/h9-10H,2-8H2,1H3,(H,18,19)(H,15,16,17). The molecule has 1 aliphatic rings. The van der Waals surface area contributed by atoms with Crippen molar-refractivity contribution in [3.05, 3.63) is 12.4 Å². The normalized spacial score (nSPS) is 17.4. The van der Waals surface area contributed by atoms with Crippen molar-refractivity contribution in [3.63, 3.8) is 0 Å². The third-order valence-electron chi connectivity index (χ3n) is 3.58. The van der Waals surface area contributed by atoms with E-state index in [9.17, 15) is 9.90 Å². The molecule has 110 valence electrons. The summed E-state index contributed by atoms with van der Waals surface area (Å²) in [6.45, 7) is 2.60. The largest absolute Gasteiger partial charge is 0.480 e. The minimum atomic E-state index is -0.908. The number of aliphatic carboxylic acids is 1. The van der Waals surface area contributed by atoms with E-state index < -0.39 is 11.5 Å². The minimum absolute atomic E-state index is 0.473. The van der Waals surface area contributed by atoms with Gasteiger partial charge in [0.1, 0.15) is 17.7 Å². The monoisotopic (exact) mass is 279 g/mol. The molecule has 1 aromatic heterocycles. The summed E-state index contributed by atoms with van der Waals surface area (Å²) in [5.74, 6) is 0.169. The number of hydrogen-bond acceptors (Lipinski definition) is 5. The smallest absolute Gasteiger partial charge is 0.329 e. The van der Waals surface area contributed by atoms with Crippen LogP contribution in [-0.4, -0.2) is 33.2 Å². The summed E-state index contributed by atoms with van der Waals surface area (Å²) < 4.78 is 5.44. The fourth-order valence-electron chi connectivity index (χ4n) is 2.49. The number of rotatable bonds is 6. The van der Waals surface area contributed by atoms with Gasteiger partial charge in [0.15, 0.2) is 0 Å². The molecule has 20 heavy (non-hydrogen) atoms. The van der Waals surface area contributed by atoms with Crippen molar-refractivity contribution in [2.24, 2.45) is 0 Å². The lowest BCUT2D eigenvalue weighted by Crippen LogP contribution is -2.48. The molecule has 0 unspecified atom stereocenters. The number of nitrogens with one attached hydrogen (secondary N) is 1. The van der Waals surface area contributed by atoms with Crippen LogP contribution >= 0.6 is 0 Å². The van der Waals surface area contributed by atoms with Crippen LogP contribution in [0.4, 0.5) is 5.82 Å². The van der Waals surface area contributed by atoms with Crippen LogP contribution in [0, 0.1) is 0 Å². The fourth-order valence-corrected chi connectivity index (χ4v) is 2.49. The topological polar surface area (TPSA) is 84.3 Å². The third kappa shape index (κ3) is 3.37. The van der Waals surface area contributed by atoms with Gasteiger partial charge in [-0.1, -0.05) is 26.2 Å². The van der Waals surface area contributed by atoms with E-state index in [1.54, 1.807) is 6.07 Å². The molecule has 1 heterocycles. The molecule has 6 heteroatoms. The fraction of sp³-hybridized carbons (Fsp3) is 0.643. The highest BCUT2D eigenvalue weighted by molar-refractivity contribution is 5.82. The Morgan fingerprint density at radius 3 is 2.80 bits per heavy atom. The Balaban J connectivity index is 2.12. The zero-order valence-electron chi connectivity index (χ0n) is 11.8. The van der Waals surface area contributed by atoms with Crippen molar-refractivity contribution in [1.29, 1.82) is 0 Å². The van der Waals surface area contributed by atoms with Gasteiger partial charge in [0.2, 0.25) is 5.88 Å². The number of hydrogen-bond donors (Lipinski definition) is 2. The van der Waals surface area contributed by atoms with E-state index in [0.717, 1.165) is 25.7 Å². The lowest BCUT2D eigenvalue weighted by molar-refractivity contribution is -0.143. The summed E-state index contributed by atoms with van der Waals surface area (Å²) in [4.78, 5) is 19.7. The first-order chi connectivity index (χ1) is 9.66. The summed E-state index contributed by atoms with van der Waals surface area (Å²) in [6, 6.07) is 1.66. The van der Waals surface area contributed by atoms with E-state index in [2.05, 4.69) is 15.3 Å². The SMILES string of the molecule is CCCOc1cc(NC2(C(=O)O)CCCCC2)ncn1. The molecule has 0 radical (unpaired) electrons. The van der Waals surface area contributed by atoms with Gasteiger partial charge in [0.25, 0.3) is 0 Å². The highest BCUT2D eigenvalue weighted by atomic mass is 16.5. The van der Waals surface area contributed by atoms with Crippen molar-refractivity contribution in [2.75, 3.05) is 11.9 Å². The maximum atomic E-state index is 11.6. The van der Waals surface area contributed by atoms with Crippen LogP contribution in [0.5, 0.6) is 5.88 Å². The number of ether oxygens (including phenoxy) is 1. The van der Waals surface area contributed by atoms with Gasteiger partial charge >= 0.3 is 5.97 Å². The maximum Gasteiger partial charge on any atom is 0.329 e. The zero-order chi connectivity index (χ0) is 14.4. The first-order valence-corrected chi connectivity index (χ1v) is 7.13. The summed E-state index contributed by atoms with van der Waals surface area (Å²) in [5.41, 5.74) is -0.908. The average molecular weight is 279 g/mol. The van der Waals surface area contributed by atoms with Gasteiger partial charge in [-0.3, -0.25) is 0 Å². The van der Waals surface area contributed by atoms with Crippen molar-refractivity contribution in [2.45, 2.75) is 51.0 Å². The van der Waals surface area contributed by atoms with Crippen molar-refractivity contribution < 1.29 is 14.6 Å². The Labute approximate surface area is 118 Å². The van der Waals surface area contributed by atoms with Crippen LogP contribution < -0.4 is 10.1 Å². The number of anilines is 1. The summed E-state index contributed by atoms with van der Waals surface area (Å²) in [7, 11) is 0. The van der Waals surface area contributed by atoms with Crippen LogP contribution in [0.25, 0.3) is 0 Å². The van der Waals surface area contributed by atoms with Crippen LogP contribution in [0.3, 0.4) is 0 Å². The average Bonchev–Trinajstić information content (AvgIpc) is 2.46. The molecule has 2 rings (SSSR count). The van der Waals surface area contributed by atoms with E-state index >= 15 is 0 Å². The van der Waals surface area contributed by atoms with Crippen LogP contribution in [0.15, 0.2) is 12.4 Å². The lowest BCUT2D eigenvalue weighted by atomic mass is 9.81. The summed E-state index contributed by atoms with van der Waals surface area (Å²) in [5, 5.41) is 12.6. The number of carboxylic acids is 1. The number of carboxylic acid groups (broad SMARTS) is 1. The van der Waals surface area contributed by atoms with E-state index in [1.165, 1.54) is 6.33 Å². The van der Waals surface area contributed by atoms with E-state index in [0.29, 0.717) is 31.1 Å². The molecule has 1 fully saturated rings. The molecule has 0 spiro atoms. The molecule has 6 nitrogen and oxygen atoms in total. The predicted octanol–water partition coefficient (Wildman–Crippen LogP) is 2.46. The molecular weight excluding hydrogens is 258 g/mol. The number of aromatic nitrogens is 2. The third-order valence-corrected chi connectivity index (χ3v) is 3.58. The molecule has 0 bridgehead atoms. The van der Waals surface area contributed by atoms with Gasteiger partial charge in [0, 0.05) is 6.07 Å². The predicted molar refractivity (Wildman–Crippen MR) is 74.9 cm³/mol. The molecule has 2 N–H and O–H groups in total. The molecule has 1 aromatic rings. The van der Waals surface area contributed by atoms with Gasteiger partial charge in [0.05, 0.1) is 6.61 Å². The van der Waals surface area contributed by atoms with Gasteiger partial charge in [-0.2, -0.15) is 0 Å². The van der Waals surface area contributed by atoms with E-state index in [-0.39, 0.29) is 0 Å². The molecule has 0 aromatic carbocycles. The lowest BCUT2D eigenvalue weighted by Gasteiger charge is -2.34. The second-order valence-electron chi connectivity index (χ2n) is 5.16. The van der Waals surface area contributed by atoms with E-state index in [1.807, 2.05) is 6.92 Å². The van der Waals surface area contributed by atoms with Crippen molar-refractivity contribution >= 4 is 11.8 Å². The Morgan fingerprint density at radius 2 is 2.15 bits per heavy atom. The maximum absolute atomic E-state index is 11.6. The molecule has 0 aliphatic heterocycles. The highest BCUT2D eigenvalue weighted by Crippen LogP contribution is 2.31. The molecule has 0 saturated heterocycles. The minimum Gasteiger partial charge on any atom is -0.480 e. The Morgan fingerprint density at radius 1 is 1.40 bits per heavy atom. The van der Waals surface area contributed by atoms with Crippen molar-refractivity contribution in [1.82, 2.24) is 9.97 Å². The molecular formula is C14H21N3O3. The molecule has 1 saturated carbocycles. The molecule has 0 amide bonds. The summed E-state index contributed by atoms with van der Waals surface area (Å²) in [6.07, 6.45) is 6.46. The van der Waals surface area contributed by atoms with Crippen LogP contribution in [0.1, 0.15) is 45.4 Å². The first-order valence-electron chi connectivity index (χ1n) is 7.13.